The van der Waals surface area contributed by atoms with Crippen LogP contribution in [-0.4, -0.2) is 47.5 Å². The number of nitro groups is 1. The fraction of sp³-hybridized carbons (Fsp3) is 0.222. The molecule has 0 saturated heterocycles. The Morgan fingerprint density at radius 1 is 0.792 bits per heavy atom. The first-order valence-electron chi connectivity index (χ1n) is 15.5. The summed E-state index contributed by atoms with van der Waals surface area (Å²) < 4.78 is 63.6. The maximum Gasteiger partial charge on any atom is 0.269 e. The molecule has 7 rings (SSSR count). The van der Waals surface area contributed by atoms with Crippen LogP contribution in [0.4, 0.5) is 5.69 Å². The lowest BCUT2D eigenvalue weighted by Crippen LogP contribution is -2.61. The van der Waals surface area contributed by atoms with Crippen LogP contribution < -0.4 is 0 Å². The highest BCUT2D eigenvalue weighted by Gasteiger charge is 2.59. The summed E-state index contributed by atoms with van der Waals surface area (Å²) in [5, 5.41) is 12.2. The molecule has 4 aromatic carbocycles. The van der Waals surface area contributed by atoms with Crippen molar-refractivity contribution in [2.45, 2.75) is 55.2 Å². The van der Waals surface area contributed by atoms with Crippen molar-refractivity contribution in [3.05, 3.63) is 147 Å². The third kappa shape index (κ3) is 4.90. The molecule has 0 radical (unpaired) electrons. The van der Waals surface area contributed by atoms with Crippen LogP contribution in [0.3, 0.4) is 0 Å². The van der Waals surface area contributed by atoms with E-state index in [1.165, 1.54) is 32.9 Å². The molecule has 0 aliphatic carbocycles. The molecule has 2 atom stereocenters. The van der Waals surface area contributed by atoms with Gasteiger partial charge in [-0.05, 0) is 56.7 Å². The van der Waals surface area contributed by atoms with Crippen LogP contribution in [0.2, 0.25) is 0 Å². The Morgan fingerprint density at radius 2 is 1.40 bits per heavy atom. The predicted octanol–water partition coefficient (Wildman–Crippen LogP) is 6.35. The molecule has 0 saturated carbocycles. The van der Waals surface area contributed by atoms with Crippen LogP contribution in [-0.2, 0) is 38.7 Å². The van der Waals surface area contributed by atoms with Crippen molar-refractivity contribution in [2.24, 2.45) is 0 Å². The number of rotatable bonds is 7. The first-order chi connectivity index (χ1) is 22.9. The van der Waals surface area contributed by atoms with Crippen molar-refractivity contribution in [2.75, 3.05) is 6.54 Å². The Balaban J connectivity index is 1.52. The fourth-order valence-electron chi connectivity index (χ4n) is 7.29. The highest BCUT2D eigenvalue weighted by Crippen LogP contribution is 2.53. The minimum atomic E-state index is -4.30. The number of nitro benzene ring substituents is 1. The fourth-order valence-corrected chi connectivity index (χ4v) is 10.7. The van der Waals surface area contributed by atoms with Crippen LogP contribution in [0.25, 0.3) is 10.9 Å². The minimum absolute atomic E-state index is 0.0373. The maximum atomic E-state index is 14.7. The van der Waals surface area contributed by atoms with E-state index in [4.69, 9.17) is 0 Å². The molecule has 2 unspecified atom stereocenters. The standard InChI is InChI=1S/C36H34N4O6S2/c1-25-13-17-31(18-14-25)48(45,46)39-22-26(2)21-36(39)27(3)38(47(43,44)30-19-15-29(16-20-30)40(41)42)24-34-35(36)32-11-7-8-12-33(32)37(34)23-28-9-5-4-6-10-28/h4-21,27H,22-24H2,1-3H3. The van der Waals surface area contributed by atoms with E-state index in [2.05, 4.69) is 4.57 Å². The molecule has 2 aliphatic rings. The summed E-state index contributed by atoms with van der Waals surface area (Å²) in [6, 6.07) is 28.2. The zero-order valence-electron chi connectivity index (χ0n) is 26.6. The Morgan fingerprint density at radius 3 is 2.06 bits per heavy atom. The average Bonchev–Trinajstić information content (AvgIpc) is 3.59. The number of hydrogen-bond donors (Lipinski definition) is 0. The van der Waals surface area contributed by atoms with Crippen LogP contribution in [0.5, 0.6) is 0 Å². The number of para-hydroxylation sites is 1. The first kappa shape index (κ1) is 32.0. The summed E-state index contributed by atoms with van der Waals surface area (Å²) in [7, 11) is -8.46. The summed E-state index contributed by atoms with van der Waals surface area (Å²) in [5.41, 5.74) is 3.35. The molecule has 10 nitrogen and oxygen atoms in total. The largest absolute Gasteiger partial charge is 0.338 e. The van der Waals surface area contributed by atoms with Gasteiger partial charge in [0.2, 0.25) is 20.0 Å². The second-order valence-electron chi connectivity index (χ2n) is 12.5. The quantitative estimate of drug-likeness (QED) is 0.112. The van der Waals surface area contributed by atoms with Crippen molar-refractivity contribution in [1.29, 1.82) is 0 Å². The molecule has 0 N–H and O–H groups in total. The third-order valence-corrected chi connectivity index (χ3v) is 13.4. The topological polar surface area (TPSA) is 123 Å². The number of aromatic nitrogens is 1. The third-order valence-electron chi connectivity index (χ3n) is 9.57. The summed E-state index contributed by atoms with van der Waals surface area (Å²) in [4.78, 5) is 10.8. The Labute approximate surface area is 279 Å². The van der Waals surface area contributed by atoms with Gasteiger partial charge in [0.1, 0.15) is 0 Å². The molecule has 0 bridgehead atoms. The molecule has 2 aliphatic heterocycles. The van der Waals surface area contributed by atoms with E-state index in [1.54, 1.807) is 31.2 Å². The van der Waals surface area contributed by atoms with Crippen molar-refractivity contribution in [1.82, 2.24) is 13.2 Å². The van der Waals surface area contributed by atoms with E-state index in [0.717, 1.165) is 33.2 Å². The number of nitrogens with zero attached hydrogens (tertiary/aromatic N) is 4. The molecular formula is C36H34N4O6S2. The van der Waals surface area contributed by atoms with Gasteiger partial charge in [0.25, 0.3) is 5.69 Å². The van der Waals surface area contributed by atoms with Crippen molar-refractivity contribution in [3.63, 3.8) is 0 Å². The summed E-state index contributed by atoms with van der Waals surface area (Å²) >= 11 is 0. The van der Waals surface area contributed by atoms with Crippen LogP contribution in [0, 0.1) is 17.0 Å². The number of aryl methyl sites for hydroxylation is 1. The van der Waals surface area contributed by atoms with E-state index in [-0.39, 0.29) is 28.6 Å². The predicted molar refractivity (Wildman–Crippen MR) is 183 cm³/mol. The summed E-state index contributed by atoms with van der Waals surface area (Å²) in [6.45, 7) is 5.97. The minimum Gasteiger partial charge on any atom is -0.338 e. The zero-order chi connectivity index (χ0) is 34.0. The molecule has 0 amide bonds. The number of sulfonamides is 2. The lowest BCUT2D eigenvalue weighted by Gasteiger charge is -2.49. The van der Waals surface area contributed by atoms with Gasteiger partial charge in [0.15, 0.2) is 0 Å². The highest BCUT2D eigenvalue weighted by atomic mass is 32.2. The van der Waals surface area contributed by atoms with Gasteiger partial charge in [-0.25, -0.2) is 16.8 Å². The molecule has 246 valence electrons. The molecule has 0 fully saturated rings. The van der Waals surface area contributed by atoms with Crippen molar-refractivity contribution < 1.29 is 21.8 Å². The highest BCUT2D eigenvalue weighted by molar-refractivity contribution is 7.89. The molecule has 1 aromatic heterocycles. The van der Waals surface area contributed by atoms with Gasteiger partial charge in [-0.15, -0.1) is 0 Å². The van der Waals surface area contributed by atoms with Gasteiger partial charge in [0.05, 0.1) is 32.8 Å². The maximum absolute atomic E-state index is 14.7. The van der Waals surface area contributed by atoms with Gasteiger partial charge in [-0.2, -0.15) is 8.61 Å². The van der Waals surface area contributed by atoms with E-state index < -0.39 is 36.6 Å². The molecule has 1 spiro atoms. The monoisotopic (exact) mass is 682 g/mol. The number of non-ortho nitro benzene ring substituents is 1. The Bertz CT molecular complexity index is 2320. The van der Waals surface area contributed by atoms with Crippen LogP contribution in [0.15, 0.2) is 125 Å². The molecule has 48 heavy (non-hydrogen) atoms. The van der Waals surface area contributed by atoms with Gasteiger partial charge in [-0.1, -0.05) is 77.9 Å². The molecule has 3 heterocycles. The first-order valence-corrected chi connectivity index (χ1v) is 18.4. The Hall–Kier alpha value is -4.62. The van der Waals surface area contributed by atoms with E-state index in [0.29, 0.717) is 12.2 Å². The van der Waals surface area contributed by atoms with Crippen LogP contribution in [0.1, 0.15) is 36.2 Å². The summed E-state index contributed by atoms with van der Waals surface area (Å²) in [6.07, 6.45) is 1.92. The smallest absolute Gasteiger partial charge is 0.269 e. The lowest BCUT2D eigenvalue weighted by atomic mass is 9.79. The number of fused-ring (bicyclic) bond motifs is 4. The lowest BCUT2D eigenvalue weighted by molar-refractivity contribution is -0.384. The Kier molecular flexibility index (Phi) is 7.67. The molecular weight excluding hydrogens is 649 g/mol. The van der Waals surface area contributed by atoms with Crippen LogP contribution >= 0.6 is 0 Å². The zero-order valence-corrected chi connectivity index (χ0v) is 28.3. The second-order valence-corrected chi connectivity index (χ2v) is 16.3. The van der Waals surface area contributed by atoms with E-state index in [9.17, 15) is 26.9 Å². The summed E-state index contributed by atoms with van der Waals surface area (Å²) in [5.74, 6) is 0. The average molecular weight is 683 g/mol. The van der Waals surface area contributed by atoms with E-state index in [1.807, 2.05) is 74.5 Å². The van der Waals surface area contributed by atoms with Gasteiger partial charge >= 0.3 is 0 Å². The number of hydrogen-bond acceptors (Lipinski definition) is 6. The van der Waals surface area contributed by atoms with E-state index >= 15 is 0 Å². The second kappa shape index (κ2) is 11.5. The number of benzene rings is 4. The molecule has 5 aromatic rings. The van der Waals surface area contributed by atoms with Crippen molar-refractivity contribution in [3.8, 4) is 0 Å². The van der Waals surface area contributed by atoms with Crippen molar-refractivity contribution >= 4 is 36.6 Å². The normalized spacial score (nSPS) is 20.2. The SMILES string of the molecule is CC1=CC2(c3c(n(Cc4ccccc4)c4ccccc34)CN(S(=O)(=O)c3ccc([N+](=O)[O-])cc3)C2C)N(S(=O)(=O)c2ccc(C)cc2)C1. The van der Waals surface area contributed by atoms with Gasteiger partial charge < -0.3 is 4.57 Å². The molecule has 12 heteroatoms. The van der Waals surface area contributed by atoms with Gasteiger partial charge in [0, 0.05) is 47.4 Å². The van der Waals surface area contributed by atoms with Gasteiger partial charge in [-0.3, -0.25) is 10.1 Å².